The van der Waals surface area contributed by atoms with Gasteiger partial charge < -0.3 is 10.2 Å². The molecule has 1 amide bonds. The van der Waals surface area contributed by atoms with Crippen molar-refractivity contribution >= 4 is 23.1 Å². The Morgan fingerprint density at radius 1 is 1.00 bits per heavy atom. The van der Waals surface area contributed by atoms with Crippen LogP contribution in [-0.2, 0) is 4.79 Å². The second-order valence-electron chi connectivity index (χ2n) is 6.77. The van der Waals surface area contributed by atoms with Crippen LogP contribution in [0.3, 0.4) is 0 Å². The monoisotopic (exact) mass is 369 g/mol. The SMILES string of the molecule is CC(=O)c1ccc(N2CCN(C(C)C(=O)Nc3ccccc3F)CC2)cc1. The minimum Gasteiger partial charge on any atom is -0.369 e. The van der Waals surface area contributed by atoms with Crippen LogP contribution in [0.1, 0.15) is 24.2 Å². The average Bonchev–Trinajstić information content (AvgIpc) is 2.69. The second kappa shape index (κ2) is 8.31. The first-order valence-electron chi connectivity index (χ1n) is 9.11. The zero-order valence-electron chi connectivity index (χ0n) is 15.6. The Labute approximate surface area is 158 Å². The molecule has 2 aromatic carbocycles. The maximum absolute atomic E-state index is 13.7. The van der Waals surface area contributed by atoms with Crippen molar-refractivity contribution in [2.75, 3.05) is 36.4 Å². The van der Waals surface area contributed by atoms with Crippen molar-refractivity contribution in [2.45, 2.75) is 19.9 Å². The van der Waals surface area contributed by atoms with E-state index in [0.29, 0.717) is 5.56 Å². The number of rotatable bonds is 5. The van der Waals surface area contributed by atoms with E-state index in [1.165, 1.54) is 6.07 Å². The molecule has 5 nitrogen and oxygen atoms in total. The van der Waals surface area contributed by atoms with Crippen molar-refractivity contribution in [1.29, 1.82) is 0 Å². The third-order valence-electron chi connectivity index (χ3n) is 5.01. The van der Waals surface area contributed by atoms with E-state index in [9.17, 15) is 14.0 Å². The van der Waals surface area contributed by atoms with Gasteiger partial charge in [0.2, 0.25) is 5.91 Å². The number of hydrogen-bond donors (Lipinski definition) is 1. The van der Waals surface area contributed by atoms with Gasteiger partial charge in [0.05, 0.1) is 11.7 Å². The van der Waals surface area contributed by atoms with E-state index in [1.807, 2.05) is 31.2 Å². The molecule has 2 aromatic rings. The summed E-state index contributed by atoms with van der Waals surface area (Å²) in [6.07, 6.45) is 0. The predicted molar refractivity (Wildman–Crippen MR) is 105 cm³/mol. The van der Waals surface area contributed by atoms with Crippen molar-refractivity contribution in [3.63, 3.8) is 0 Å². The highest BCUT2D eigenvalue weighted by Crippen LogP contribution is 2.19. The summed E-state index contributed by atoms with van der Waals surface area (Å²) in [5.41, 5.74) is 1.98. The van der Waals surface area contributed by atoms with Crippen LogP contribution >= 0.6 is 0 Å². The molecule has 1 heterocycles. The van der Waals surface area contributed by atoms with Crippen molar-refractivity contribution < 1.29 is 14.0 Å². The normalized spacial score (nSPS) is 16.0. The number of ketones is 1. The Morgan fingerprint density at radius 2 is 1.63 bits per heavy atom. The Hall–Kier alpha value is -2.73. The summed E-state index contributed by atoms with van der Waals surface area (Å²) in [5, 5.41) is 2.67. The van der Waals surface area contributed by atoms with Crippen LogP contribution < -0.4 is 10.2 Å². The number of piperazine rings is 1. The molecule has 1 atom stereocenters. The summed E-state index contributed by atoms with van der Waals surface area (Å²) >= 11 is 0. The minimum atomic E-state index is -0.433. The summed E-state index contributed by atoms with van der Waals surface area (Å²) in [6.45, 7) is 6.45. The molecule has 1 saturated heterocycles. The van der Waals surface area contributed by atoms with Crippen LogP contribution in [0.2, 0.25) is 0 Å². The summed E-state index contributed by atoms with van der Waals surface area (Å²) in [6, 6.07) is 13.4. The Balaban J connectivity index is 1.55. The number of benzene rings is 2. The summed E-state index contributed by atoms with van der Waals surface area (Å²) < 4.78 is 13.7. The minimum absolute atomic E-state index is 0.0565. The Morgan fingerprint density at radius 3 is 2.22 bits per heavy atom. The number of nitrogens with one attached hydrogen (secondary N) is 1. The molecule has 0 spiro atoms. The highest BCUT2D eigenvalue weighted by molar-refractivity contribution is 5.95. The van der Waals surface area contributed by atoms with Gasteiger partial charge in [-0.15, -0.1) is 0 Å². The molecule has 6 heteroatoms. The van der Waals surface area contributed by atoms with Crippen molar-refractivity contribution in [3.8, 4) is 0 Å². The van der Waals surface area contributed by atoms with Crippen LogP contribution in [0.15, 0.2) is 48.5 Å². The molecule has 1 fully saturated rings. The molecule has 3 rings (SSSR count). The number of carbonyl (C=O) groups is 2. The molecule has 1 N–H and O–H groups in total. The van der Waals surface area contributed by atoms with Crippen LogP contribution in [0.4, 0.5) is 15.8 Å². The van der Waals surface area contributed by atoms with Crippen molar-refractivity contribution in [1.82, 2.24) is 4.90 Å². The third-order valence-corrected chi connectivity index (χ3v) is 5.01. The topological polar surface area (TPSA) is 52.7 Å². The van der Waals surface area contributed by atoms with E-state index in [1.54, 1.807) is 25.1 Å². The molecule has 0 radical (unpaired) electrons. The van der Waals surface area contributed by atoms with Gasteiger partial charge in [-0.3, -0.25) is 14.5 Å². The zero-order chi connectivity index (χ0) is 19.4. The maximum atomic E-state index is 13.7. The van der Waals surface area contributed by atoms with Gasteiger partial charge in [0.25, 0.3) is 0 Å². The number of Topliss-reactive ketones (excluding diaryl/α,β-unsaturated/α-hetero) is 1. The maximum Gasteiger partial charge on any atom is 0.241 e. The number of halogens is 1. The number of anilines is 2. The van der Waals surface area contributed by atoms with Gasteiger partial charge in [-0.25, -0.2) is 4.39 Å². The van der Waals surface area contributed by atoms with E-state index in [2.05, 4.69) is 15.1 Å². The van der Waals surface area contributed by atoms with Crippen molar-refractivity contribution in [2.24, 2.45) is 0 Å². The molecule has 0 aliphatic carbocycles. The van der Waals surface area contributed by atoms with E-state index < -0.39 is 5.82 Å². The van der Waals surface area contributed by atoms with Gasteiger partial charge in [-0.1, -0.05) is 12.1 Å². The lowest BCUT2D eigenvalue weighted by molar-refractivity contribution is -0.120. The number of carbonyl (C=O) groups excluding carboxylic acids is 2. The summed E-state index contributed by atoms with van der Waals surface area (Å²) in [7, 11) is 0. The molecule has 0 bridgehead atoms. The molecule has 0 aromatic heterocycles. The summed E-state index contributed by atoms with van der Waals surface area (Å²) in [4.78, 5) is 28.2. The average molecular weight is 369 g/mol. The van der Waals surface area contributed by atoms with Gasteiger partial charge in [0, 0.05) is 37.4 Å². The van der Waals surface area contributed by atoms with Crippen LogP contribution in [0.5, 0.6) is 0 Å². The fourth-order valence-corrected chi connectivity index (χ4v) is 3.24. The Kier molecular flexibility index (Phi) is 5.86. The molecule has 1 unspecified atom stereocenters. The lowest BCUT2D eigenvalue weighted by Crippen LogP contribution is -2.52. The van der Waals surface area contributed by atoms with E-state index in [-0.39, 0.29) is 23.4 Å². The first-order chi connectivity index (χ1) is 13.0. The first-order valence-corrected chi connectivity index (χ1v) is 9.11. The van der Waals surface area contributed by atoms with Crippen molar-refractivity contribution in [3.05, 3.63) is 59.9 Å². The molecule has 1 aliphatic heterocycles. The lowest BCUT2D eigenvalue weighted by atomic mass is 10.1. The smallest absolute Gasteiger partial charge is 0.241 e. The molecule has 0 saturated carbocycles. The molecule has 27 heavy (non-hydrogen) atoms. The third kappa shape index (κ3) is 4.52. The van der Waals surface area contributed by atoms with E-state index >= 15 is 0 Å². The van der Waals surface area contributed by atoms with E-state index in [4.69, 9.17) is 0 Å². The molecule has 1 aliphatic rings. The number of nitrogens with zero attached hydrogens (tertiary/aromatic N) is 2. The molecular weight excluding hydrogens is 345 g/mol. The van der Waals surface area contributed by atoms with Crippen LogP contribution in [0, 0.1) is 5.82 Å². The second-order valence-corrected chi connectivity index (χ2v) is 6.77. The fraction of sp³-hybridized carbons (Fsp3) is 0.333. The number of hydrogen-bond acceptors (Lipinski definition) is 4. The largest absolute Gasteiger partial charge is 0.369 e. The van der Waals surface area contributed by atoms with Gasteiger partial charge in [-0.05, 0) is 50.2 Å². The number of amides is 1. The van der Waals surface area contributed by atoms with Gasteiger partial charge >= 0.3 is 0 Å². The quantitative estimate of drug-likeness (QED) is 0.823. The molecular formula is C21H24FN3O2. The van der Waals surface area contributed by atoms with Gasteiger partial charge in [0.1, 0.15) is 5.82 Å². The zero-order valence-corrected chi connectivity index (χ0v) is 15.6. The van der Waals surface area contributed by atoms with Gasteiger partial charge in [0.15, 0.2) is 5.78 Å². The number of para-hydroxylation sites is 1. The molecule has 142 valence electrons. The highest BCUT2D eigenvalue weighted by Gasteiger charge is 2.26. The Bertz CT molecular complexity index is 814. The standard InChI is InChI=1S/C21H24FN3O2/c1-15(21(27)23-20-6-4-3-5-19(20)22)24-11-13-25(14-12-24)18-9-7-17(8-10-18)16(2)26/h3-10,15H,11-14H2,1-2H3,(H,23,27). The van der Waals surface area contributed by atoms with Crippen LogP contribution in [-0.4, -0.2) is 48.8 Å². The predicted octanol–water partition coefficient (Wildman–Crippen LogP) is 3.18. The lowest BCUT2D eigenvalue weighted by Gasteiger charge is -2.38. The first kappa shape index (κ1) is 19.0. The van der Waals surface area contributed by atoms with E-state index in [0.717, 1.165) is 31.9 Å². The van der Waals surface area contributed by atoms with Crippen LogP contribution in [0.25, 0.3) is 0 Å². The van der Waals surface area contributed by atoms with Gasteiger partial charge in [-0.2, -0.15) is 0 Å². The fourth-order valence-electron chi connectivity index (χ4n) is 3.24. The summed E-state index contributed by atoms with van der Waals surface area (Å²) in [5.74, 6) is -0.586. The highest BCUT2D eigenvalue weighted by atomic mass is 19.1.